The van der Waals surface area contributed by atoms with Crippen LogP contribution in [-0.2, 0) is 10.0 Å². The maximum absolute atomic E-state index is 13.1. The highest BCUT2D eigenvalue weighted by Gasteiger charge is 2.29. The number of rotatable bonds is 4. The molecular weight excluding hydrogens is 410 g/mol. The molecule has 0 aliphatic carbocycles. The van der Waals surface area contributed by atoms with E-state index in [1.54, 1.807) is 22.6 Å². The van der Waals surface area contributed by atoms with Gasteiger partial charge in [0, 0.05) is 32.4 Å². The Morgan fingerprint density at radius 2 is 1.48 bits per heavy atom. The van der Waals surface area contributed by atoms with Gasteiger partial charge in [0.2, 0.25) is 10.0 Å². The first kappa shape index (κ1) is 19.6. The third-order valence-electron chi connectivity index (χ3n) is 5.50. The predicted molar refractivity (Wildman–Crippen MR) is 120 cm³/mol. The highest BCUT2D eigenvalue weighted by molar-refractivity contribution is 7.89. The van der Waals surface area contributed by atoms with Crippen molar-refractivity contribution in [3.63, 3.8) is 0 Å². The highest BCUT2D eigenvalue weighted by Crippen LogP contribution is 2.24. The monoisotopic (exact) mass is 431 g/mol. The van der Waals surface area contributed by atoms with E-state index in [4.69, 9.17) is 0 Å². The van der Waals surface area contributed by atoms with Gasteiger partial charge in [-0.2, -0.15) is 4.31 Å². The highest BCUT2D eigenvalue weighted by atomic mass is 32.2. The summed E-state index contributed by atoms with van der Waals surface area (Å²) in [5.74, 6) is 0.738. The minimum absolute atomic E-state index is 0.333. The zero-order valence-corrected chi connectivity index (χ0v) is 17.6. The maximum atomic E-state index is 13.1. The van der Waals surface area contributed by atoms with E-state index in [2.05, 4.69) is 20.1 Å². The Morgan fingerprint density at radius 1 is 0.710 bits per heavy atom. The zero-order valence-electron chi connectivity index (χ0n) is 16.8. The Hall–Kier alpha value is -3.36. The number of hydrogen-bond acceptors (Lipinski definition) is 6. The summed E-state index contributed by atoms with van der Waals surface area (Å²) in [6, 6.07) is 22.5. The van der Waals surface area contributed by atoms with Crippen LogP contribution in [0.15, 0.2) is 83.9 Å². The first-order chi connectivity index (χ1) is 15.1. The summed E-state index contributed by atoms with van der Waals surface area (Å²) in [5, 5.41) is 10.6. The molecule has 1 aliphatic rings. The van der Waals surface area contributed by atoms with Crippen LogP contribution in [0.25, 0.3) is 22.2 Å². The van der Waals surface area contributed by atoms with Gasteiger partial charge in [0.25, 0.3) is 0 Å². The zero-order chi connectivity index (χ0) is 21.3. The number of piperazine rings is 1. The van der Waals surface area contributed by atoms with Crippen LogP contribution >= 0.6 is 0 Å². The lowest BCUT2D eigenvalue weighted by molar-refractivity contribution is 0.383. The first-order valence-electron chi connectivity index (χ1n) is 10.1. The van der Waals surface area contributed by atoms with E-state index in [-0.39, 0.29) is 0 Å². The predicted octanol–water partition coefficient (Wildman–Crippen LogP) is 3.20. The van der Waals surface area contributed by atoms with Crippen molar-refractivity contribution < 1.29 is 8.42 Å². The smallest absolute Gasteiger partial charge is 0.243 e. The molecule has 0 bridgehead atoms. The number of anilines is 1. The standard InChI is InChI=1S/C23H21N5O2S/c29-31(30,20-9-8-18-5-1-2-6-19(18)17-20)28-15-13-27(14-16-28)23-11-10-22(25-26-23)21-7-3-4-12-24-21/h1-12,17H,13-16H2. The molecule has 2 aromatic carbocycles. The lowest BCUT2D eigenvalue weighted by Gasteiger charge is -2.34. The van der Waals surface area contributed by atoms with Gasteiger partial charge in [0.15, 0.2) is 5.82 Å². The average Bonchev–Trinajstić information content (AvgIpc) is 2.84. The van der Waals surface area contributed by atoms with Gasteiger partial charge in [-0.3, -0.25) is 4.98 Å². The molecule has 8 heteroatoms. The fourth-order valence-electron chi connectivity index (χ4n) is 3.78. The van der Waals surface area contributed by atoms with Crippen LogP contribution < -0.4 is 4.90 Å². The number of hydrogen-bond donors (Lipinski definition) is 0. The summed E-state index contributed by atoms with van der Waals surface area (Å²) in [6.45, 7) is 1.92. The van der Waals surface area contributed by atoms with Gasteiger partial charge in [-0.15, -0.1) is 10.2 Å². The van der Waals surface area contributed by atoms with Crippen molar-refractivity contribution in [2.24, 2.45) is 0 Å². The SMILES string of the molecule is O=S(=O)(c1ccc2ccccc2c1)N1CCN(c2ccc(-c3ccccn3)nn2)CC1. The van der Waals surface area contributed by atoms with Crippen LogP contribution in [0.3, 0.4) is 0 Å². The van der Waals surface area contributed by atoms with Crippen molar-refractivity contribution >= 4 is 26.6 Å². The topological polar surface area (TPSA) is 79.3 Å². The van der Waals surface area contributed by atoms with Gasteiger partial charge in [-0.1, -0.05) is 36.4 Å². The summed E-state index contributed by atoms with van der Waals surface area (Å²) in [6.07, 6.45) is 1.72. The van der Waals surface area contributed by atoms with Crippen LogP contribution in [0.2, 0.25) is 0 Å². The lowest BCUT2D eigenvalue weighted by Crippen LogP contribution is -2.49. The van der Waals surface area contributed by atoms with Gasteiger partial charge in [-0.25, -0.2) is 8.42 Å². The molecule has 2 aromatic heterocycles. The number of benzene rings is 2. The van der Waals surface area contributed by atoms with Crippen molar-refractivity contribution in [2.45, 2.75) is 4.90 Å². The number of sulfonamides is 1. The van der Waals surface area contributed by atoms with Crippen LogP contribution in [0.4, 0.5) is 5.82 Å². The molecule has 1 aliphatic heterocycles. The Balaban J connectivity index is 1.29. The van der Waals surface area contributed by atoms with Crippen molar-refractivity contribution in [3.8, 4) is 11.4 Å². The number of pyridine rings is 1. The van der Waals surface area contributed by atoms with E-state index in [0.717, 1.165) is 22.3 Å². The number of nitrogens with zero attached hydrogens (tertiary/aromatic N) is 5. The second-order valence-electron chi connectivity index (χ2n) is 7.39. The third-order valence-corrected chi connectivity index (χ3v) is 7.39. The minimum Gasteiger partial charge on any atom is -0.352 e. The molecule has 0 unspecified atom stereocenters. The summed E-state index contributed by atoms with van der Waals surface area (Å²) < 4.78 is 27.8. The van der Waals surface area contributed by atoms with Crippen LogP contribution in [0.5, 0.6) is 0 Å². The van der Waals surface area contributed by atoms with Gasteiger partial charge in [0.1, 0.15) is 5.69 Å². The van der Waals surface area contributed by atoms with E-state index in [1.165, 1.54) is 0 Å². The molecule has 0 amide bonds. The van der Waals surface area contributed by atoms with Gasteiger partial charge in [0.05, 0.1) is 10.6 Å². The van der Waals surface area contributed by atoms with E-state index >= 15 is 0 Å². The van der Waals surface area contributed by atoms with Crippen molar-refractivity contribution in [3.05, 3.63) is 79.0 Å². The molecule has 1 fully saturated rings. The molecule has 0 spiro atoms. The molecule has 0 radical (unpaired) electrons. The number of aromatic nitrogens is 3. The minimum atomic E-state index is -3.54. The van der Waals surface area contributed by atoms with Crippen LogP contribution in [-0.4, -0.2) is 54.1 Å². The molecule has 31 heavy (non-hydrogen) atoms. The summed E-state index contributed by atoms with van der Waals surface area (Å²) in [4.78, 5) is 6.68. The van der Waals surface area contributed by atoms with Crippen molar-refractivity contribution in [1.29, 1.82) is 0 Å². The summed E-state index contributed by atoms with van der Waals surface area (Å²) >= 11 is 0. The van der Waals surface area contributed by atoms with Gasteiger partial charge < -0.3 is 4.90 Å². The second kappa shape index (κ2) is 8.05. The average molecular weight is 432 g/mol. The molecule has 0 atom stereocenters. The molecule has 5 rings (SSSR count). The molecule has 0 N–H and O–H groups in total. The molecular formula is C23H21N5O2S. The largest absolute Gasteiger partial charge is 0.352 e. The maximum Gasteiger partial charge on any atom is 0.243 e. The van der Waals surface area contributed by atoms with Gasteiger partial charge in [-0.05, 0) is 47.2 Å². The molecule has 7 nitrogen and oxygen atoms in total. The van der Waals surface area contributed by atoms with Crippen LogP contribution in [0, 0.1) is 0 Å². The molecule has 3 heterocycles. The second-order valence-corrected chi connectivity index (χ2v) is 9.33. The Labute approximate surface area is 181 Å². The molecule has 4 aromatic rings. The van der Waals surface area contributed by atoms with Crippen LogP contribution in [0.1, 0.15) is 0 Å². The Morgan fingerprint density at radius 3 is 2.19 bits per heavy atom. The third kappa shape index (κ3) is 3.87. The quantitative estimate of drug-likeness (QED) is 0.494. The summed E-state index contributed by atoms with van der Waals surface area (Å²) in [7, 11) is -3.54. The van der Waals surface area contributed by atoms with Crippen molar-refractivity contribution in [1.82, 2.24) is 19.5 Å². The van der Waals surface area contributed by atoms with E-state index in [9.17, 15) is 8.42 Å². The van der Waals surface area contributed by atoms with E-state index < -0.39 is 10.0 Å². The van der Waals surface area contributed by atoms with Gasteiger partial charge >= 0.3 is 0 Å². The normalized spacial score (nSPS) is 15.3. The van der Waals surface area contributed by atoms with E-state index in [0.29, 0.717) is 36.8 Å². The number of fused-ring (bicyclic) bond motifs is 1. The Kier molecular flexibility index (Phi) is 5.09. The molecule has 156 valence electrons. The molecule has 0 saturated carbocycles. The fraction of sp³-hybridized carbons (Fsp3) is 0.174. The molecule has 1 saturated heterocycles. The van der Waals surface area contributed by atoms with Crippen molar-refractivity contribution in [2.75, 3.05) is 31.1 Å². The Bertz CT molecular complexity index is 1300. The van der Waals surface area contributed by atoms with E-state index in [1.807, 2.05) is 60.7 Å². The summed E-state index contributed by atoms with van der Waals surface area (Å²) in [5.41, 5.74) is 1.48. The first-order valence-corrected chi connectivity index (χ1v) is 11.5. The fourth-order valence-corrected chi connectivity index (χ4v) is 5.24. The lowest BCUT2D eigenvalue weighted by atomic mass is 10.1.